The first kappa shape index (κ1) is 17.4. The van der Waals surface area contributed by atoms with Gasteiger partial charge in [-0.15, -0.1) is 0 Å². The lowest BCUT2D eigenvalue weighted by atomic mass is 10.0. The summed E-state index contributed by atoms with van der Waals surface area (Å²) in [5, 5.41) is 0. The molecule has 116 valence electrons. The van der Waals surface area contributed by atoms with Crippen LogP contribution in [-0.4, -0.2) is 18.4 Å². The van der Waals surface area contributed by atoms with E-state index in [2.05, 4.69) is 6.92 Å². The topological polar surface area (TPSA) is 43.4 Å². The van der Waals surface area contributed by atoms with E-state index in [1.165, 1.54) is 31.2 Å². The minimum atomic E-state index is -0.307. The first-order valence-electron chi connectivity index (χ1n) is 7.95. The second-order valence-corrected chi connectivity index (χ2v) is 5.24. The Morgan fingerprint density at radius 2 is 1.67 bits per heavy atom. The number of unbranched alkanes of at least 4 members (excludes halogenated alkanes) is 3. The van der Waals surface area contributed by atoms with Crippen LogP contribution in [0.1, 0.15) is 68.3 Å². The van der Waals surface area contributed by atoms with E-state index in [1.807, 2.05) is 24.3 Å². The van der Waals surface area contributed by atoms with Gasteiger partial charge in [-0.25, -0.2) is 0 Å². The predicted octanol–water partition coefficient (Wildman–Crippen LogP) is 4.34. The summed E-state index contributed by atoms with van der Waals surface area (Å²) in [7, 11) is 0. The van der Waals surface area contributed by atoms with E-state index in [0.717, 1.165) is 6.42 Å². The Balaban J connectivity index is 2.38. The van der Waals surface area contributed by atoms with Gasteiger partial charge in [0.25, 0.3) is 0 Å². The van der Waals surface area contributed by atoms with Crippen molar-refractivity contribution >= 4 is 11.8 Å². The number of aryl methyl sites for hydroxylation is 1. The van der Waals surface area contributed by atoms with Gasteiger partial charge in [-0.2, -0.15) is 0 Å². The lowest BCUT2D eigenvalue weighted by molar-refractivity contribution is -0.143. The molecule has 0 aromatic heterocycles. The molecule has 0 unspecified atom stereocenters. The largest absolute Gasteiger partial charge is 0.466 e. The van der Waals surface area contributed by atoms with Gasteiger partial charge in [-0.3, -0.25) is 9.59 Å². The molecule has 0 radical (unpaired) electrons. The number of Topliss-reactive ketones (excluding diaryl/α,β-unsaturated/α-hetero) is 1. The molecule has 0 fully saturated rings. The fraction of sp³-hybridized carbons (Fsp3) is 0.556. The smallest absolute Gasteiger partial charge is 0.306 e. The van der Waals surface area contributed by atoms with Crippen LogP contribution >= 0.6 is 0 Å². The van der Waals surface area contributed by atoms with Gasteiger partial charge in [-0.1, -0.05) is 50.5 Å². The summed E-state index contributed by atoms with van der Waals surface area (Å²) in [5.41, 5.74) is 1.95. The van der Waals surface area contributed by atoms with E-state index < -0.39 is 0 Å². The van der Waals surface area contributed by atoms with E-state index >= 15 is 0 Å². The minimum Gasteiger partial charge on any atom is -0.466 e. The van der Waals surface area contributed by atoms with Crippen LogP contribution < -0.4 is 0 Å². The summed E-state index contributed by atoms with van der Waals surface area (Å²) in [6.45, 7) is 4.33. The van der Waals surface area contributed by atoms with Gasteiger partial charge in [0.15, 0.2) is 5.78 Å². The number of hydrogen-bond donors (Lipinski definition) is 0. The van der Waals surface area contributed by atoms with E-state index in [0.29, 0.717) is 12.2 Å². The van der Waals surface area contributed by atoms with Gasteiger partial charge in [0.1, 0.15) is 0 Å². The van der Waals surface area contributed by atoms with Crippen molar-refractivity contribution in [3.05, 3.63) is 35.4 Å². The molecule has 1 aromatic carbocycles. The molecular formula is C18H26O3. The van der Waals surface area contributed by atoms with E-state index in [-0.39, 0.29) is 24.6 Å². The molecule has 0 N–H and O–H groups in total. The maximum absolute atomic E-state index is 12.0. The average Bonchev–Trinajstić information content (AvgIpc) is 2.50. The van der Waals surface area contributed by atoms with Gasteiger partial charge in [0.2, 0.25) is 0 Å². The summed E-state index contributed by atoms with van der Waals surface area (Å²) in [5.74, 6) is -0.306. The Morgan fingerprint density at radius 1 is 0.952 bits per heavy atom. The zero-order chi connectivity index (χ0) is 15.5. The summed E-state index contributed by atoms with van der Waals surface area (Å²) in [6.07, 6.45) is 6.43. The minimum absolute atomic E-state index is 0.000543. The third-order valence-corrected chi connectivity index (χ3v) is 3.46. The van der Waals surface area contributed by atoms with Crippen LogP contribution in [0.3, 0.4) is 0 Å². The van der Waals surface area contributed by atoms with Crippen LogP contribution in [0.5, 0.6) is 0 Å². The molecule has 0 amide bonds. The Kier molecular flexibility index (Phi) is 8.41. The molecule has 1 rings (SSSR count). The number of carbonyl (C=O) groups is 2. The van der Waals surface area contributed by atoms with Crippen molar-refractivity contribution in [1.82, 2.24) is 0 Å². The molecule has 0 saturated carbocycles. The molecule has 0 saturated heterocycles. The Bertz CT molecular complexity index is 434. The third-order valence-electron chi connectivity index (χ3n) is 3.46. The van der Waals surface area contributed by atoms with Crippen molar-refractivity contribution in [3.8, 4) is 0 Å². The van der Waals surface area contributed by atoms with Crippen LogP contribution in [0.2, 0.25) is 0 Å². The highest BCUT2D eigenvalue weighted by Gasteiger charge is 2.09. The van der Waals surface area contributed by atoms with Crippen molar-refractivity contribution in [2.75, 3.05) is 6.61 Å². The molecular weight excluding hydrogens is 264 g/mol. The zero-order valence-electron chi connectivity index (χ0n) is 13.2. The van der Waals surface area contributed by atoms with Crippen molar-refractivity contribution in [1.29, 1.82) is 0 Å². The number of ketones is 1. The van der Waals surface area contributed by atoms with Crippen LogP contribution in [0.4, 0.5) is 0 Å². The monoisotopic (exact) mass is 290 g/mol. The normalized spacial score (nSPS) is 10.4. The molecule has 0 spiro atoms. The van der Waals surface area contributed by atoms with Crippen molar-refractivity contribution in [3.63, 3.8) is 0 Å². The number of hydrogen-bond acceptors (Lipinski definition) is 3. The third kappa shape index (κ3) is 7.07. The van der Waals surface area contributed by atoms with Crippen molar-refractivity contribution in [2.24, 2.45) is 0 Å². The van der Waals surface area contributed by atoms with Crippen LogP contribution in [0, 0.1) is 0 Å². The van der Waals surface area contributed by atoms with Gasteiger partial charge >= 0.3 is 5.97 Å². The molecule has 21 heavy (non-hydrogen) atoms. The van der Waals surface area contributed by atoms with Crippen molar-refractivity contribution < 1.29 is 14.3 Å². The Hall–Kier alpha value is -1.64. The highest BCUT2D eigenvalue weighted by molar-refractivity contribution is 5.97. The number of benzene rings is 1. The summed E-state index contributed by atoms with van der Waals surface area (Å²) >= 11 is 0. The van der Waals surface area contributed by atoms with Gasteiger partial charge in [0, 0.05) is 12.0 Å². The lowest BCUT2D eigenvalue weighted by Crippen LogP contribution is -2.08. The highest BCUT2D eigenvalue weighted by Crippen LogP contribution is 2.12. The Labute approximate surface area is 127 Å². The Morgan fingerprint density at radius 3 is 2.29 bits per heavy atom. The van der Waals surface area contributed by atoms with Gasteiger partial charge in [0.05, 0.1) is 13.0 Å². The molecule has 3 heteroatoms. The second kappa shape index (κ2) is 10.1. The first-order valence-corrected chi connectivity index (χ1v) is 7.95. The fourth-order valence-corrected chi connectivity index (χ4v) is 2.21. The number of rotatable bonds is 10. The van der Waals surface area contributed by atoms with E-state index in [4.69, 9.17) is 4.74 Å². The summed E-state index contributed by atoms with van der Waals surface area (Å²) < 4.78 is 4.82. The maximum atomic E-state index is 12.0. The number of carbonyl (C=O) groups excluding carboxylic acids is 2. The lowest BCUT2D eigenvalue weighted by Gasteiger charge is -2.04. The van der Waals surface area contributed by atoms with Crippen molar-refractivity contribution in [2.45, 2.75) is 58.8 Å². The number of ether oxygens (including phenoxy) is 1. The van der Waals surface area contributed by atoms with Gasteiger partial charge < -0.3 is 4.74 Å². The van der Waals surface area contributed by atoms with E-state index in [9.17, 15) is 9.59 Å². The molecule has 0 bridgehead atoms. The predicted molar refractivity (Wildman–Crippen MR) is 84.5 cm³/mol. The average molecular weight is 290 g/mol. The zero-order valence-corrected chi connectivity index (χ0v) is 13.2. The quantitative estimate of drug-likeness (QED) is 0.366. The number of esters is 1. The summed E-state index contributed by atoms with van der Waals surface area (Å²) in [6, 6.07) is 7.76. The standard InChI is InChI=1S/C18H26O3/c1-3-5-6-7-8-15-9-11-16(12-10-15)17(19)13-14-18(20)21-4-2/h9-12H,3-8,13-14H2,1-2H3. The van der Waals surface area contributed by atoms with Crippen LogP contribution in [-0.2, 0) is 16.0 Å². The summed E-state index contributed by atoms with van der Waals surface area (Å²) in [4.78, 5) is 23.2. The maximum Gasteiger partial charge on any atom is 0.306 e. The molecule has 3 nitrogen and oxygen atoms in total. The molecule has 0 aliphatic rings. The van der Waals surface area contributed by atoms with Crippen LogP contribution in [0.25, 0.3) is 0 Å². The first-order chi connectivity index (χ1) is 10.2. The highest BCUT2D eigenvalue weighted by atomic mass is 16.5. The molecule has 0 atom stereocenters. The molecule has 0 aliphatic heterocycles. The second-order valence-electron chi connectivity index (χ2n) is 5.24. The van der Waals surface area contributed by atoms with Gasteiger partial charge in [-0.05, 0) is 25.3 Å². The van der Waals surface area contributed by atoms with E-state index in [1.54, 1.807) is 6.92 Å². The SMILES string of the molecule is CCCCCCc1ccc(C(=O)CCC(=O)OCC)cc1. The fourth-order valence-electron chi connectivity index (χ4n) is 2.21. The van der Waals surface area contributed by atoms with Crippen LogP contribution in [0.15, 0.2) is 24.3 Å². The molecule has 1 aromatic rings. The molecule has 0 heterocycles. The molecule has 0 aliphatic carbocycles.